The van der Waals surface area contributed by atoms with Crippen molar-refractivity contribution in [3.8, 4) is 5.75 Å². The predicted octanol–water partition coefficient (Wildman–Crippen LogP) is 6.51. The van der Waals surface area contributed by atoms with E-state index in [4.69, 9.17) is 25.8 Å². The van der Waals surface area contributed by atoms with Crippen molar-refractivity contribution in [1.82, 2.24) is 4.72 Å². The number of nitrogens with zero attached hydrogens (tertiary/aromatic N) is 2. The number of hydrogen-bond donors (Lipinski definition) is 1. The van der Waals surface area contributed by atoms with Crippen LogP contribution in [0, 0.1) is 23.7 Å². The standard InChI is InChI=1S/C38H48ClN3O6S/c1-24-6-4-8-34(47-3)31-12-9-27(31)20-42-22-38(15-5-7-25-16-29(39)11-13-32(25)38)23-48-35-14-10-26(19-33(35)42)36(43)40-49(45,21-24)41-37(44)28-17-30(18-28)46-2/h4,8,10-11,13-14,16,19,24,27-28,30-31,34H,5-7,9,12,15,17-18,20-23H2,1-3H3,(H,40,41,43,44,45)/b8-4+/t24-,27-,28?,30?,31+,34-,38-,49?/m0/s1. The SMILES string of the molecule is COC1CC(C(=O)NS2(=O)=NC(=O)c3ccc4c(c3)N(C[C@@H]3CC[C@H]3[C@@H](OC)/C=C/C[C@H](C)C2)C[C@@]2(CCCc3cc(Cl)ccc32)CO4)C1. The molecule has 2 fully saturated rings. The lowest BCUT2D eigenvalue weighted by atomic mass is 9.68. The summed E-state index contributed by atoms with van der Waals surface area (Å²) in [5.74, 6) is 0.170. The molecule has 0 saturated heterocycles. The van der Waals surface area contributed by atoms with Crippen molar-refractivity contribution in [3.63, 3.8) is 0 Å². The number of halogens is 1. The third kappa shape index (κ3) is 7.03. The molecule has 11 heteroatoms. The molecule has 2 aliphatic heterocycles. The van der Waals surface area contributed by atoms with Crippen LogP contribution in [0.25, 0.3) is 0 Å². The first-order chi connectivity index (χ1) is 23.6. The van der Waals surface area contributed by atoms with Crippen molar-refractivity contribution >= 4 is 39.0 Å². The van der Waals surface area contributed by atoms with E-state index in [0.29, 0.717) is 43.3 Å². The first-order valence-electron chi connectivity index (χ1n) is 17.7. The molecule has 2 aromatic rings. The highest BCUT2D eigenvalue weighted by molar-refractivity contribution is 7.92. The number of carbonyl (C=O) groups excluding carboxylic acids is 2. The van der Waals surface area contributed by atoms with Crippen molar-refractivity contribution in [2.45, 2.75) is 75.9 Å². The van der Waals surface area contributed by atoms with E-state index >= 15 is 0 Å². The zero-order valence-electron chi connectivity index (χ0n) is 28.7. The van der Waals surface area contributed by atoms with E-state index in [9.17, 15) is 13.8 Å². The van der Waals surface area contributed by atoms with Crippen molar-refractivity contribution in [3.05, 3.63) is 70.3 Å². The van der Waals surface area contributed by atoms with Crippen LogP contribution in [0.15, 0.2) is 52.9 Å². The summed E-state index contributed by atoms with van der Waals surface area (Å²) in [4.78, 5) is 29.5. The normalized spacial score (nSPS) is 34.9. The number of nitrogens with one attached hydrogen (secondary N) is 1. The molecule has 3 aliphatic carbocycles. The quantitative estimate of drug-likeness (QED) is 0.361. The van der Waals surface area contributed by atoms with Crippen molar-refractivity contribution in [2.24, 2.45) is 28.0 Å². The van der Waals surface area contributed by atoms with Gasteiger partial charge in [-0.3, -0.25) is 14.3 Å². The van der Waals surface area contributed by atoms with Gasteiger partial charge in [-0.1, -0.05) is 36.7 Å². The molecular formula is C38H48ClN3O6S. The molecule has 49 heavy (non-hydrogen) atoms. The lowest BCUT2D eigenvalue weighted by Gasteiger charge is -2.46. The number of amides is 2. The van der Waals surface area contributed by atoms with Gasteiger partial charge in [0.25, 0.3) is 5.91 Å². The molecular weight excluding hydrogens is 662 g/mol. The number of anilines is 1. The van der Waals surface area contributed by atoms with E-state index in [0.717, 1.165) is 61.7 Å². The van der Waals surface area contributed by atoms with E-state index in [2.05, 4.69) is 38.3 Å². The molecule has 6 atom stereocenters. The van der Waals surface area contributed by atoms with Crippen molar-refractivity contribution < 1.29 is 28.0 Å². The highest BCUT2D eigenvalue weighted by Gasteiger charge is 2.44. The van der Waals surface area contributed by atoms with Crippen LogP contribution < -0.4 is 14.4 Å². The molecule has 2 aromatic carbocycles. The van der Waals surface area contributed by atoms with Gasteiger partial charge in [0, 0.05) is 49.2 Å². The van der Waals surface area contributed by atoms with E-state index < -0.39 is 15.8 Å². The smallest absolute Gasteiger partial charge is 0.286 e. The summed E-state index contributed by atoms with van der Waals surface area (Å²) < 4.78 is 39.5. The van der Waals surface area contributed by atoms with E-state index in [-0.39, 0.29) is 41.1 Å². The molecule has 1 unspecified atom stereocenters. The topological polar surface area (TPSA) is 107 Å². The molecule has 2 amide bonds. The maximum Gasteiger partial charge on any atom is 0.286 e. The Morgan fingerprint density at radius 2 is 1.98 bits per heavy atom. The Balaban J connectivity index is 1.28. The summed E-state index contributed by atoms with van der Waals surface area (Å²) >= 11 is 6.45. The summed E-state index contributed by atoms with van der Waals surface area (Å²) in [6, 6.07) is 11.6. The first-order valence-corrected chi connectivity index (χ1v) is 19.8. The Labute approximate surface area is 295 Å². The van der Waals surface area contributed by atoms with E-state index in [1.165, 1.54) is 11.1 Å². The average molecular weight is 710 g/mol. The Hall–Kier alpha value is -2.92. The minimum absolute atomic E-state index is 0.0146. The zero-order valence-corrected chi connectivity index (χ0v) is 30.3. The van der Waals surface area contributed by atoms with Gasteiger partial charge in [0.15, 0.2) is 0 Å². The molecule has 2 bridgehead atoms. The average Bonchev–Trinajstić information content (AvgIpc) is 3.18. The number of fused-ring (bicyclic) bond motifs is 4. The van der Waals surface area contributed by atoms with Crippen molar-refractivity contribution in [1.29, 1.82) is 0 Å². The van der Waals surface area contributed by atoms with Crippen LogP contribution in [0.5, 0.6) is 5.75 Å². The molecule has 7 rings (SSSR count). The molecule has 2 heterocycles. The van der Waals surface area contributed by atoms with Crippen LogP contribution in [-0.2, 0) is 36.0 Å². The highest BCUT2D eigenvalue weighted by atomic mass is 35.5. The largest absolute Gasteiger partial charge is 0.490 e. The minimum Gasteiger partial charge on any atom is -0.490 e. The van der Waals surface area contributed by atoms with Crippen LogP contribution in [0.2, 0.25) is 5.02 Å². The first kappa shape index (κ1) is 34.5. The molecule has 0 aromatic heterocycles. The van der Waals surface area contributed by atoms with Gasteiger partial charge in [-0.15, -0.1) is 4.36 Å². The second kappa shape index (κ2) is 14.0. The van der Waals surface area contributed by atoms with Gasteiger partial charge in [-0.05, 0) is 111 Å². The van der Waals surface area contributed by atoms with Gasteiger partial charge in [0.2, 0.25) is 5.91 Å². The fourth-order valence-electron chi connectivity index (χ4n) is 8.58. The van der Waals surface area contributed by atoms with E-state index in [1.807, 2.05) is 25.1 Å². The number of benzene rings is 2. The highest BCUT2D eigenvalue weighted by Crippen LogP contribution is 2.47. The van der Waals surface area contributed by atoms with Gasteiger partial charge >= 0.3 is 0 Å². The Morgan fingerprint density at radius 3 is 2.73 bits per heavy atom. The zero-order chi connectivity index (χ0) is 34.3. The summed E-state index contributed by atoms with van der Waals surface area (Å²) in [6.07, 6.45) is 11.1. The van der Waals surface area contributed by atoms with Crippen LogP contribution in [0.4, 0.5) is 5.69 Å². The van der Waals surface area contributed by atoms with Crippen LogP contribution in [0.1, 0.15) is 73.4 Å². The molecule has 5 aliphatic rings. The second-order valence-electron chi connectivity index (χ2n) is 15.0. The third-order valence-electron chi connectivity index (χ3n) is 11.6. The second-order valence-corrected chi connectivity index (χ2v) is 17.4. The maximum atomic E-state index is 14.4. The van der Waals surface area contributed by atoms with Gasteiger partial charge in [-0.2, -0.15) is 0 Å². The number of ether oxygens (including phenoxy) is 3. The third-order valence-corrected chi connectivity index (χ3v) is 13.8. The molecule has 0 radical (unpaired) electrons. The number of hydrogen-bond acceptors (Lipinski definition) is 7. The van der Waals surface area contributed by atoms with Gasteiger partial charge in [0.1, 0.15) is 15.7 Å². The number of allylic oxidation sites excluding steroid dienone is 1. The molecule has 2 saturated carbocycles. The Bertz CT molecular complexity index is 1750. The summed E-state index contributed by atoms with van der Waals surface area (Å²) in [7, 11) is -0.0265. The minimum atomic E-state index is -3.42. The Morgan fingerprint density at radius 1 is 1.14 bits per heavy atom. The molecule has 1 spiro atoms. The molecule has 1 N–H and O–H groups in total. The van der Waals surface area contributed by atoms with Crippen LogP contribution in [-0.4, -0.2) is 67.9 Å². The number of carbonyl (C=O) groups is 2. The number of methoxy groups -OCH3 is 2. The predicted molar refractivity (Wildman–Crippen MR) is 192 cm³/mol. The fourth-order valence-corrected chi connectivity index (χ4v) is 10.7. The summed E-state index contributed by atoms with van der Waals surface area (Å²) in [6.45, 7) is 4.01. The fraction of sp³-hybridized carbons (Fsp3) is 0.579. The van der Waals surface area contributed by atoms with Gasteiger partial charge in [-0.25, -0.2) is 4.21 Å². The summed E-state index contributed by atoms with van der Waals surface area (Å²) in [5.41, 5.74) is 3.47. The molecule has 9 nitrogen and oxygen atoms in total. The van der Waals surface area contributed by atoms with Crippen molar-refractivity contribution in [2.75, 3.05) is 44.6 Å². The Kier molecular flexibility index (Phi) is 9.87. The molecule has 264 valence electrons. The lowest BCUT2D eigenvalue weighted by Crippen LogP contribution is -2.49. The maximum absolute atomic E-state index is 14.4. The van der Waals surface area contributed by atoms with Gasteiger partial charge < -0.3 is 19.1 Å². The summed E-state index contributed by atoms with van der Waals surface area (Å²) in [5, 5.41) is 0.746. The number of aryl methyl sites for hydroxylation is 1. The monoisotopic (exact) mass is 709 g/mol. The van der Waals surface area contributed by atoms with Crippen LogP contribution >= 0.6 is 11.6 Å². The number of rotatable bonds is 4. The van der Waals surface area contributed by atoms with Crippen LogP contribution in [0.3, 0.4) is 0 Å². The van der Waals surface area contributed by atoms with E-state index in [1.54, 1.807) is 20.3 Å². The lowest BCUT2D eigenvalue weighted by molar-refractivity contribution is -0.130. The van der Waals surface area contributed by atoms with Gasteiger partial charge in [0.05, 0.1) is 30.3 Å².